The number of morpholine rings is 1. The van der Waals surface area contributed by atoms with Crippen molar-refractivity contribution >= 4 is 34.4 Å². The molecule has 0 unspecified atom stereocenters. The molecule has 0 aliphatic carbocycles. The molecule has 2 N–H and O–H groups in total. The molecule has 0 spiro atoms. The predicted molar refractivity (Wildman–Crippen MR) is 130 cm³/mol. The van der Waals surface area contributed by atoms with Gasteiger partial charge in [0.05, 0.1) is 35.6 Å². The first kappa shape index (κ1) is 24.2. The number of para-hydroxylation sites is 1. The summed E-state index contributed by atoms with van der Waals surface area (Å²) in [6, 6.07) is 13.7. The molecule has 7 nitrogen and oxygen atoms in total. The molecule has 186 valence electrons. The van der Waals surface area contributed by atoms with Crippen molar-refractivity contribution < 1.29 is 22.7 Å². The predicted octanol–water partition coefficient (Wildman–Crippen LogP) is 5.38. The lowest BCUT2D eigenvalue weighted by molar-refractivity contribution is -0.137. The van der Waals surface area contributed by atoms with Crippen LogP contribution in [0, 0.1) is 0 Å². The van der Waals surface area contributed by atoms with Crippen molar-refractivity contribution in [2.75, 3.05) is 31.6 Å². The first-order valence-electron chi connectivity index (χ1n) is 11.2. The van der Waals surface area contributed by atoms with Crippen molar-refractivity contribution in [2.24, 2.45) is 0 Å². The number of fused-ring (bicyclic) bond motifs is 1. The number of hydrogen-bond donors (Lipinski definition) is 2. The number of halogens is 4. The van der Waals surface area contributed by atoms with Gasteiger partial charge in [-0.05, 0) is 42.5 Å². The zero-order valence-electron chi connectivity index (χ0n) is 18.9. The maximum absolute atomic E-state index is 13.6. The van der Waals surface area contributed by atoms with E-state index in [-0.39, 0.29) is 27.5 Å². The van der Waals surface area contributed by atoms with E-state index in [1.807, 2.05) is 12.1 Å². The number of nitrogens with one attached hydrogen (secondary N) is 2. The summed E-state index contributed by atoms with van der Waals surface area (Å²) in [6.45, 7) is 3.60. The van der Waals surface area contributed by atoms with Gasteiger partial charge < -0.3 is 15.0 Å². The van der Waals surface area contributed by atoms with Gasteiger partial charge in [0.1, 0.15) is 17.2 Å². The molecule has 4 aromatic rings. The average Bonchev–Trinajstić information content (AvgIpc) is 3.28. The van der Waals surface area contributed by atoms with Crippen molar-refractivity contribution in [3.8, 4) is 11.4 Å². The standard InChI is InChI=1S/C25H21ClF3N5O2/c26-15-7-8-17(19(13-15)25(27,28)29)23-31-20-5-2-4-18(22(20)33-23)24(35)32-21-6-1-3-16(30-21)14-34-9-11-36-12-10-34/h1-8,13H,9-12,14H2,(H,31,33)(H,30,32,35). The maximum atomic E-state index is 13.6. The van der Waals surface area contributed by atoms with Crippen LogP contribution in [-0.2, 0) is 17.5 Å². The molecule has 1 saturated heterocycles. The molecule has 3 heterocycles. The molecule has 0 bridgehead atoms. The van der Waals surface area contributed by atoms with Crippen molar-refractivity contribution in [1.82, 2.24) is 19.9 Å². The molecule has 0 atom stereocenters. The number of nitrogens with zero attached hydrogens (tertiary/aromatic N) is 3. The summed E-state index contributed by atoms with van der Waals surface area (Å²) in [6.07, 6.45) is -4.63. The van der Waals surface area contributed by atoms with Crippen LogP contribution in [0.25, 0.3) is 22.4 Å². The zero-order chi connectivity index (χ0) is 25.3. The van der Waals surface area contributed by atoms with Gasteiger partial charge >= 0.3 is 6.18 Å². The van der Waals surface area contributed by atoms with Crippen LogP contribution < -0.4 is 5.32 Å². The van der Waals surface area contributed by atoms with E-state index in [0.717, 1.165) is 24.8 Å². The van der Waals surface area contributed by atoms with Crippen molar-refractivity contribution in [2.45, 2.75) is 12.7 Å². The van der Waals surface area contributed by atoms with Gasteiger partial charge in [-0.15, -0.1) is 0 Å². The molecular formula is C25H21ClF3N5O2. The lowest BCUT2D eigenvalue weighted by atomic mass is 10.1. The highest BCUT2D eigenvalue weighted by Gasteiger charge is 2.35. The number of amides is 1. The second kappa shape index (κ2) is 9.88. The molecule has 0 radical (unpaired) electrons. The molecule has 5 rings (SSSR count). The van der Waals surface area contributed by atoms with Gasteiger partial charge in [0.15, 0.2) is 0 Å². The fourth-order valence-electron chi connectivity index (χ4n) is 4.11. The minimum Gasteiger partial charge on any atom is -0.379 e. The van der Waals surface area contributed by atoms with E-state index in [9.17, 15) is 18.0 Å². The molecule has 1 aliphatic rings. The van der Waals surface area contributed by atoms with Gasteiger partial charge in [0.2, 0.25) is 0 Å². The summed E-state index contributed by atoms with van der Waals surface area (Å²) in [5.74, 6) is -0.114. The molecule has 11 heteroatoms. The number of ether oxygens (including phenoxy) is 1. The smallest absolute Gasteiger partial charge is 0.379 e. The number of pyridine rings is 1. The normalized spacial score (nSPS) is 14.8. The van der Waals surface area contributed by atoms with Crippen LogP contribution in [0.2, 0.25) is 5.02 Å². The van der Waals surface area contributed by atoms with Crippen LogP contribution in [-0.4, -0.2) is 52.1 Å². The number of aromatic amines is 1. The number of benzene rings is 2. The summed E-state index contributed by atoms with van der Waals surface area (Å²) >= 11 is 5.80. The lowest BCUT2D eigenvalue weighted by Crippen LogP contribution is -2.35. The Bertz CT molecular complexity index is 1420. The summed E-state index contributed by atoms with van der Waals surface area (Å²) in [4.78, 5) is 27.1. The number of H-pyrrole nitrogens is 1. The molecular weight excluding hydrogens is 495 g/mol. The Balaban J connectivity index is 1.42. The number of carbonyl (C=O) groups is 1. The Labute approximate surface area is 209 Å². The van der Waals surface area contributed by atoms with E-state index in [2.05, 4.69) is 25.2 Å². The SMILES string of the molecule is O=C(Nc1cccc(CN2CCOCC2)n1)c1cccc2[nH]c(-c3ccc(Cl)cc3C(F)(F)F)nc12. The van der Waals surface area contributed by atoms with Gasteiger partial charge in [0, 0.05) is 30.2 Å². The number of alkyl halides is 3. The van der Waals surface area contributed by atoms with Crippen LogP contribution in [0.4, 0.5) is 19.0 Å². The Morgan fingerprint density at radius 2 is 1.86 bits per heavy atom. The highest BCUT2D eigenvalue weighted by Crippen LogP contribution is 2.38. The largest absolute Gasteiger partial charge is 0.417 e. The average molecular weight is 516 g/mol. The third kappa shape index (κ3) is 5.20. The Morgan fingerprint density at radius 1 is 1.08 bits per heavy atom. The topological polar surface area (TPSA) is 83.1 Å². The molecule has 36 heavy (non-hydrogen) atoms. The van der Waals surface area contributed by atoms with E-state index in [4.69, 9.17) is 16.3 Å². The van der Waals surface area contributed by atoms with Crippen LogP contribution in [0.15, 0.2) is 54.6 Å². The Morgan fingerprint density at radius 3 is 2.64 bits per heavy atom. The third-order valence-electron chi connectivity index (χ3n) is 5.84. The lowest BCUT2D eigenvalue weighted by Gasteiger charge is -2.26. The number of carbonyl (C=O) groups excluding carboxylic acids is 1. The fourth-order valence-corrected chi connectivity index (χ4v) is 4.28. The van der Waals surface area contributed by atoms with Gasteiger partial charge in [0.25, 0.3) is 5.91 Å². The van der Waals surface area contributed by atoms with E-state index in [1.54, 1.807) is 24.3 Å². The summed E-state index contributed by atoms with van der Waals surface area (Å²) in [5, 5.41) is 2.74. The van der Waals surface area contributed by atoms with E-state index in [0.29, 0.717) is 31.1 Å². The van der Waals surface area contributed by atoms with Crippen LogP contribution in [0.5, 0.6) is 0 Å². The van der Waals surface area contributed by atoms with Crippen LogP contribution in [0.3, 0.4) is 0 Å². The number of anilines is 1. The molecule has 0 saturated carbocycles. The minimum absolute atomic E-state index is 0.0140. The Hall–Kier alpha value is -3.47. The number of aromatic nitrogens is 3. The van der Waals surface area contributed by atoms with E-state index in [1.165, 1.54) is 12.1 Å². The molecule has 1 aliphatic heterocycles. The fraction of sp³-hybridized carbons (Fsp3) is 0.240. The van der Waals surface area contributed by atoms with Crippen molar-refractivity contribution in [3.63, 3.8) is 0 Å². The van der Waals surface area contributed by atoms with Crippen molar-refractivity contribution in [1.29, 1.82) is 0 Å². The summed E-state index contributed by atoms with van der Waals surface area (Å²) in [5.41, 5.74) is 0.607. The number of rotatable bonds is 5. The highest BCUT2D eigenvalue weighted by molar-refractivity contribution is 6.30. The molecule has 2 aromatic carbocycles. The summed E-state index contributed by atoms with van der Waals surface area (Å²) < 4.78 is 46.2. The highest BCUT2D eigenvalue weighted by atomic mass is 35.5. The second-order valence-corrected chi connectivity index (χ2v) is 8.77. The van der Waals surface area contributed by atoms with Crippen molar-refractivity contribution in [3.05, 3.63) is 76.4 Å². The third-order valence-corrected chi connectivity index (χ3v) is 6.07. The maximum Gasteiger partial charge on any atom is 0.417 e. The molecule has 2 aromatic heterocycles. The van der Waals surface area contributed by atoms with Gasteiger partial charge in [-0.2, -0.15) is 13.2 Å². The van der Waals surface area contributed by atoms with Gasteiger partial charge in [-0.25, -0.2) is 9.97 Å². The van der Waals surface area contributed by atoms with E-state index >= 15 is 0 Å². The van der Waals surface area contributed by atoms with Crippen LogP contribution >= 0.6 is 11.6 Å². The van der Waals surface area contributed by atoms with Gasteiger partial charge in [-0.1, -0.05) is 23.7 Å². The first-order valence-corrected chi connectivity index (χ1v) is 11.6. The second-order valence-electron chi connectivity index (χ2n) is 8.33. The number of hydrogen-bond acceptors (Lipinski definition) is 5. The van der Waals surface area contributed by atoms with Gasteiger partial charge in [-0.3, -0.25) is 9.69 Å². The van der Waals surface area contributed by atoms with Crippen LogP contribution in [0.1, 0.15) is 21.6 Å². The summed E-state index contributed by atoms with van der Waals surface area (Å²) in [7, 11) is 0. The molecule has 1 amide bonds. The quantitative estimate of drug-likeness (QED) is 0.373. The molecule has 1 fully saturated rings. The monoisotopic (exact) mass is 515 g/mol. The zero-order valence-corrected chi connectivity index (χ0v) is 19.7. The number of imidazole rings is 1. The first-order chi connectivity index (χ1) is 17.3. The Kier molecular flexibility index (Phi) is 6.65. The minimum atomic E-state index is -4.63. The van der Waals surface area contributed by atoms with E-state index < -0.39 is 17.6 Å².